The zero-order chi connectivity index (χ0) is 8.15. The summed E-state index contributed by atoms with van der Waals surface area (Å²) >= 11 is 0. The third kappa shape index (κ3) is 3.06. The lowest BCUT2D eigenvalue weighted by Crippen LogP contribution is -2.37. The van der Waals surface area contributed by atoms with Crippen LogP contribution in [0.2, 0.25) is 0 Å². The van der Waals surface area contributed by atoms with Crippen LogP contribution in [0.15, 0.2) is 0 Å². The Bertz CT molecular complexity index is 144. The number of carbonyl (C=O) groups is 2. The molecule has 1 atom stereocenters. The number of hydrogen-bond donors (Lipinski definition) is 1. The van der Waals surface area contributed by atoms with Crippen molar-refractivity contribution in [1.29, 1.82) is 0 Å². The zero-order valence-electron chi connectivity index (χ0n) is 6.01. The maximum Gasteiger partial charge on any atom is 0.328 e. The fraction of sp³-hybridized carbons (Fsp3) is 0.500. The molecule has 4 heteroatoms. The Labute approximate surface area is 59.6 Å². The summed E-state index contributed by atoms with van der Waals surface area (Å²) in [4.78, 5) is 20.9. The topological polar surface area (TPSA) is 55.4 Å². The zero-order valence-corrected chi connectivity index (χ0v) is 6.01. The van der Waals surface area contributed by atoms with Crippen LogP contribution < -0.4 is 5.32 Å². The summed E-state index contributed by atoms with van der Waals surface area (Å²) in [5.74, 6) is -0.847. The lowest BCUT2D eigenvalue weighted by atomic mass is 10.3. The average molecular weight is 144 g/mol. The summed E-state index contributed by atoms with van der Waals surface area (Å²) in [6.07, 6.45) is 0. The van der Waals surface area contributed by atoms with Crippen molar-refractivity contribution >= 4 is 11.9 Å². The molecule has 0 aromatic rings. The van der Waals surface area contributed by atoms with Gasteiger partial charge in [0.2, 0.25) is 5.91 Å². The van der Waals surface area contributed by atoms with E-state index in [0.717, 1.165) is 0 Å². The predicted octanol–water partition coefficient (Wildman–Crippen LogP) is -0.502. The van der Waals surface area contributed by atoms with Crippen molar-refractivity contribution < 1.29 is 14.3 Å². The molecule has 1 unspecified atom stereocenters. The molecule has 1 amide bonds. The molecular weight excluding hydrogens is 134 g/mol. The Morgan fingerprint density at radius 2 is 2.10 bits per heavy atom. The van der Waals surface area contributed by atoms with Crippen molar-refractivity contribution in [3.8, 4) is 0 Å². The number of methoxy groups -OCH3 is 1. The van der Waals surface area contributed by atoms with Crippen LogP contribution in [0, 0.1) is 6.92 Å². The number of nitrogens with one attached hydrogen (secondary N) is 1. The van der Waals surface area contributed by atoms with E-state index in [1.807, 2.05) is 0 Å². The molecule has 0 fully saturated rings. The lowest BCUT2D eigenvalue weighted by molar-refractivity contribution is -0.143. The summed E-state index contributed by atoms with van der Waals surface area (Å²) in [5, 5.41) is 2.27. The van der Waals surface area contributed by atoms with Crippen molar-refractivity contribution in [1.82, 2.24) is 5.32 Å². The van der Waals surface area contributed by atoms with Crippen molar-refractivity contribution in [3.05, 3.63) is 6.92 Å². The second-order valence-electron chi connectivity index (χ2n) is 1.78. The fourth-order valence-corrected chi connectivity index (χ4v) is 0.447. The quantitative estimate of drug-likeness (QED) is 0.531. The Kier molecular flexibility index (Phi) is 3.46. The van der Waals surface area contributed by atoms with E-state index in [4.69, 9.17) is 0 Å². The van der Waals surface area contributed by atoms with Gasteiger partial charge in [-0.3, -0.25) is 4.79 Å². The minimum atomic E-state index is -0.803. The van der Waals surface area contributed by atoms with Crippen molar-refractivity contribution in [2.24, 2.45) is 0 Å². The molecule has 0 bridgehead atoms. The van der Waals surface area contributed by atoms with Crippen LogP contribution in [0.25, 0.3) is 0 Å². The maximum absolute atomic E-state index is 10.5. The van der Waals surface area contributed by atoms with Gasteiger partial charge in [0.1, 0.15) is 6.04 Å². The van der Waals surface area contributed by atoms with Gasteiger partial charge in [0.15, 0.2) is 0 Å². The molecule has 1 N–H and O–H groups in total. The number of rotatable bonds is 2. The largest absolute Gasteiger partial charge is 0.467 e. The summed E-state index contributed by atoms with van der Waals surface area (Å²) < 4.78 is 4.30. The van der Waals surface area contributed by atoms with Gasteiger partial charge in [0, 0.05) is 6.92 Å². The molecule has 1 radical (unpaired) electrons. The molecule has 57 valence electrons. The van der Waals surface area contributed by atoms with Crippen molar-refractivity contribution in [2.75, 3.05) is 7.11 Å². The Hall–Kier alpha value is -1.06. The molecule has 0 saturated carbocycles. The van der Waals surface area contributed by atoms with Crippen LogP contribution in [0.3, 0.4) is 0 Å². The summed E-state index contributed by atoms with van der Waals surface area (Å²) in [6.45, 7) is 4.65. The monoisotopic (exact) mass is 144 g/mol. The second-order valence-corrected chi connectivity index (χ2v) is 1.78. The molecule has 0 aromatic carbocycles. The van der Waals surface area contributed by atoms with Gasteiger partial charge in [-0.15, -0.1) is 0 Å². The Morgan fingerprint density at radius 1 is 1.60 bits per heavy atom. The molecule has 0 rings (SSSR count). The van der Waals surface area contributed by atoms with Gasteiger partial charge in [-0.25, -0.2) is 4.79 Å². The van der Waals surface area contributed by atoms with Gasteiger partial charge in [-0.05, 0) is 6.92 Å². The number of ether oxygens (including phenoxy) is 1. The molecule has 0 saturated heterocycles. The molecule has 0 aliphatic rings. The first-order valence-corrected chi connectivity index (χ1v) is 2.76. The highest BCUT2D eigenvalue weighted by molar-refractivity contribution is 5.83. The van der Waals surface area contributed by atoms with Gasteiger partial charge in [0.05, 0.1) is 7.11 Å². The van der Waals surface area contributed by atoms with Crippen LogP contribution in [0.4, 0.5) is 0 Å². The minimum Gasteiger partial charge on any atom is -0.467 e. The normalized spacial score (nSPS) is 11.9. The first-order chi connectivity index (χ1) is 4.57. The maximum atomic E-state index is 10.5. The van der Waals surface area contributed by atoms with Gasteiger partial charge in [0.25, 0.3) is 0 Å². The van der Waals surface area contributed by atoms with Crippen LogP contribution in [0.1, 0.15) is 6.92 Å². The minimum absolute atomic E-state index is 0.301. The molecular formula is C6H10NO3. The van der Waals surface area contributed by atoms with E-state index < -0.39 is 12.0 Å². The molecule has 0 aromatic heterocycles. The molecule has 0 heterocycles. The molecule has 0 aliphatic heterocycles. The smallest absolute Gasteiger partial charge is 0.328 e. The number of hydrogen-bond acceptors (Lipinski definition) is 3. The van der Waals surface area contributed by atoms with Crippen molar-refractivity contribution in [3.63, 3.8) is 0 Å². The van der Waals surface area contributed by atoms with Crippen LogP contribution in [-0.2, 0) is 14.3 Å². The standard InChI is InChI=1S/C6H10NO3/c1-4(6(9)10-3)7-5(2)8/h4H,1H2,2-3H3,(H,7,8). The molecule has 0 spiro atoms. The van der Waals surface area contributed by atoms with Gasteiger partial charge >= 0.3 is 5.97 Å². The van der Waals surface area contributed by atoms with E-state index in [9.17, 15) is 9.59 Å². The predicted molar refractivity (Wildman–Crippen MR) is 35.0 cm³/mol. The highest BCUT2D eigenvalue weighted by Crippen LogP contribution is 1.83. The van der Waals surface area contributed by atoms with E-state index in [0.29, 0.717) is 0 Å². The van der Waals surface area contributed by atoms with E-state index in [2.05, 4.69) is 17.0 Å². The van der Waals surface area contributed by atoms with E-state index in [1.165, 1.54) is 14.0 Å². The molecule has 0 aliphatic carbocycles. The second kappa shape index (κ2) is 3.87. The third-order valence-electron chi connectivity index (χ3n) is 0.863. The number of amides is 1. The van der Waals surface area contributed by atoms with Gasteiger partial charge in [-0.1, -0.05) is 0 Å². The first-order valence-electron chi connectivity index (χ1n) is 2.76. The van der Waals surface area contributed by atoms with Crippen molar-refractivity contribution in [2.45, 2.75) is 13.0 Å². The Balaban J connectivity index is 3.72. The SMILES string of the molecule is [CH2]C(NC(C)=O)C(=O)OC. The van der Waals surface area contributed by atoms with E-state index in [1.54, 1.807) is 0 Å². The molecule has 4 nitrogen and oxygen atoms in total. The third-order valence-corrected chi connectivity index (χ3v) is 0.863. The van der Waals surface area contributed by atoms with Crippen LogP contribution >= 0.6 is 0 Å². The Morgan fingerprint density at radius 3 is 2.40 bits per heavy atom. The van der Waals surface area contributed by atoms with E-state index in [-0.39, 0.29) is 5.91 Å². The first kappa shape index (κ1) is 8.94. The van der Waals surface area contributed by atoms with Gasteiger partial charge in [-0.2, -0.15) is 0 Å². The summed E-state index contributed by atoms with van der Waals surface area (Å²) in [6, 6.07) is -0.803. The summed E-state index contributed by atoms with van der Waals surface area (Å²) in [5.41, 5.74) is 0. The highest BCUT2D eigenvalue weighted by atomic mass is 16.5. The lowest BCUT2D eigenvalue weighted by Gasteiger charge is -2.08. The van der Waals surface area contributed by atoms with Gasteiger partial charge < -0.3 is 10.1 Å². The van der Waals surface area contributed by atoms with E-state index >= 15 is 0 Å². The van der Waals surface area contributed by atoms with Crippen LogP contribution in [-0.4, -0.2) is 25.0 Å². The van der Waals surface area contributed by atoms with Crippen LogP contribution in [0.5, 0.6) is 0 Å². The number of carbonyl (C=O) groups excluding carboxylic acids is 2. The average Bonchev–Trinajstić information content (AvgIpc) is 1.85. The number of esters is 1. The highest BCUT2D eigenvalue weighted by Gasteiger charge is 2.12. The fourth-order valence-electron chi connectivity index (χ4n) is 0.447. The molecule has 10 heavy (non-hydrogen) atoms. The summed E-state index contributed by atoms with van der Waals surface area (Å²) in [7, 11) is 1.24.